The third-order valence-corrected chi connectivity index (χ3v) is 4.90. The molecule has 2 aromatic carbocycles. The van der Waals surface area contributed by atoms with E-state index in [1.165, 1.54) is 29.5 Å². The maximum atomic E-state index is 13.8. The molecule has 0 aliphatic rings. The van der Waals surface area contributed by atoms with Gasteiger partial charge in [-0.25, -0.2) is 18.3 Å². The molecule has 2 heterocycles. The van der Waals surface area contributed by atoms with E-state index in [9.17, 15) is 8.78 Å². The van der Waals surface area contributed by atoms with E-state index in [4.69, 9.17) is 0 Å². The minimum atomic E-state index is -0.278. The Morgan fingerprint density at radius 2 is 1.84 bits per heavy atom. The molecule has 4 aromatic rings. The van der Waals surface area contributed by atoms with Crippen LogP contribution in [0.4, 0.5) is 13.9 Å². The van der Waals surface area contributed by atoms with E-state index in [-0.39, 0.29) is 11.6 Å². The van der Waals surface area contributed by atoms with Crippen LogP contribution in [0.1, 0.15) is 5.56 Å². The first-order valence-corrected chi connectivity index (χ1v) is 8.48. The number of imidazole rings is 1. The summed E-state index contributed by atoms with van der Waals surface area (Å²) >= 11 is 1.42. The van der Waals surface area contributed by atoms with Crippen LogP contribution in [-0.4, -0.2) is 21.6 Å². The van der Waals surface area contributed by atoms with Crippen molar-refractivity contribution in [3.8, 4) is 11.3 Å². The van der Waals surface area contributed by atoms with Crippen molar-refractivity contribution in [2.24, 2.45) is 0 Å². The van der Waals surface area contributed by atoms with Crippen molar-refractivity contribution in [3.05, 3.63) is 71.9 Å². The molecule has 0 aliphatic carbocycles. The molecule has 0 aliphatic heterocycles. The van der Waals surface area contributed by atoms with Crippen molar-refractivity contribution in [1.29, 1.82) is 0 Å². The lowest BCUT2D eigenvalue weighted by Crippen LogP contribution is -2.17. The summed E-state index contributed by atoms with van der Waals surface area (Å²) in [4.78, 5) is 7.15. The zero-order chi connectivity index (χ0) is 17.4. The molecule has 126 valence electrons. The molecule has 0 spiro atoms. The minimum absolute atomic E-state index is 0.228. The summed E-state index contributed by atoms with van der Waals surface area (Å²) in [5.74, 6) is -0.505. The highest BCUT2D eigenvalue weighted by atomic mass is 32.1. The van der Waals surface area contributed by atoms with Gasteiger partial charge in [0.15, 0.2) is 0 Å². The van der Waals surface area contributed by atoms with E-state index in [0.717, 1.165) is 21.3 Å². The van der Waals surface area contributed by atoms with Gasteiger partial charge in [-0.2, -0.15) is 0 Å². The summed E-state index contributed by atoms with van der Waals surface area (Å²) in [6.07, 6.45) is 1.81. The van der Waals surface area contributed by atoms with Crippen LogP contribution in [0.15, 0.2) is 54.7 Å². The Labute approximate surface area is 147 Å². The Kier molecular flexibility index (Phi) is 3.93. The van der Waals surface area contributed by atoms with E-state index < -0.39 is 0 Å². The molecule has 0 saturated heterocycles. The monoisotopic (exact) mass is 356 g/mol. The maximum absolute atomic E-state index is 13.8. The largest absolute Gasteiger partial charge is 0.345 e. The number of nitrogens with zero attached hydrogens (tertiary/aromatic N) is 4. The van der Waals surface area contributed by atoms with Gasteiger partial charge in [0, 0.05) is 24.7 Å². The molecule has 0 bridgehead atoms. The van der Waals surface area contributed by atoms with E-state index in [2.05, 4.69) is 10.1 Å². The van der Waals surface area contributed by atoms with Gasteiger partial charge in [-0.05, 0) is 30.3 Å². The van der Waals surface area contributed by atoms with E-state index in [1.54, 1.807) is 35.0 Å². The van der Waals surface area contributed by atoms with E-state index in [1.807, 2.05) is 18.0 Å². The van der Waals surface area contributed by atoms with Crippen molar-refractivity contribution in [1.82, 2.24) is 14.6 Å². The fraction of sp³-hybridized carbons (Fsp3) is 0.111. The Morgan fingerprint density at radius 3 is 2.56 bits per heavy atom. The van der Waals surface area contributed by atoms with Gasteiger partial charge in [-0.3, -0.25) is 0 Å². The van der Waals surface area contributed by atoms with Gasteiger partial charge in [0.2, 0.25) is 10.1 Å². The fourth-order valence-corrected chi connectivity index (χ4v) is 3.40. The second-order valence-electron chi connectivity index (χ2n) is 5.69. The molecule has 0 N–H and O–H groups in total. The molecule has 7 heteroatoms. The average molecular weight is 356 g/mol. The molecule has 4 rings (SSSR count). The zero-order valence-electron chi connectivity index (χ0n) is 13.4. The Bertz CT molecular complexity index is 992. The number of rotatable bonds is 4. The quantitative estimate of drug-likeness (QED) is 0.544. The predicted octanol–water partition coefficient (Wildman–Crippen LogP) is 4.37. The SMILES string of the molecule is CN(Cc1ccccc1F)c1nn2cc(-c3ccc(F)cc3)nc2s1. The van der Waals surface area contributed by atoms with Gasteiger partial charge in [-0.1, -0.05) is 29.5 Å². The van der Waals surface area contributed by atoms with Gasteiger partial charge >= 0.3 is 0 Å². The third kappa shape index (κ3) is 3.10. The number of hydrogen-bond acceptors (Lipinski definition) is 4. The molecule has 0 radical (unpaired) electrons. The topological polar surface area (TPSA) is 33.4 Å². The lowest BCUT2D eigenvalue weighted by Gasteiger charge is -2.15. The van der Waals surface area contributed by atoms with Crippen molar-refractivity contribution in [3.63, 3.8) is 0 Å². The lowest BCUT2D eigenvalue weighted by molar-refractivity contribution is 0.607. The first-order valence-electron chi connectivity index (χ1n) is 7.67. The van der Waals surface area contributed by atoms with Gasteiger partial charge in [0.25, 0.3) is 0 Å². The number of benzene rings is 2. The highest BCUT2D eigenvalue weighted by Crippen LogP contribution is 2.27. The predicted molar refractivity (Wildman–Crippen MR) is 94.8 cm³/mol. The Hall–Kier alpha value is -2.80. The number of halogens is 2. The summed E-state index contributed by atoms with van der Waals surface area (Å²) in [6.45, 7) is 0.425. The Balaban J connectivity index is 1.58. The third-order valence-electron chi connectivity index (χ3n) is 3.86. The van der Waals surface area contributed by atoms with E-state index in [0.29, 0.717) is 12.1 Å². The Morgan fingerprint density at radius 1 is 1.08 bits per heavy atom. The van der Waals surface area contributed by atoms with Crippen LogP contribution in [0.3, 0.4) is 0 Å². The first-order chi connectivity index (χ1) is 12.1. The second kappa shape index (κ2) is 6.25. The molecular formula is C18H14F2N4S. The molecule has 0 unspecified atom stereocenters. The number of hydrogen-bond donors (Lipinski definition) is 0. The highest BCUT2D eigenvalue weighted by Gasteiger charge is 2.14. The fourth-order valence-electron chi connectivity index (χ4n) is 2.55. The maximum Gasteiger partial charge on any atom is 0.214 e. The van der Waals surface area contributed by atoms with Crippen LogP contribution in [-0.2, 0) is 6.54 Å². The lowest BCUT2D eigenvalue weighted by atomic mass is 10.2. The van der Waals surface area contributed by atoms with Crippen molar-refractivity contribution in [2.45, 2.75) is 6.54 Å². The van der Waals surface area contributed by atoms with Crippen LogP contribution in [0.5, 0.6) is 0 Å². The second-order valence-corrected chi connectivity index (χ2v) is 6.63. The first kappa shape index (κ1) is 15.7. The molecule has 0 atom stereocenters. The molecule has 25 heavy (non-hydrogen) atoms. The van der Waals surface area contributed by atoms with Crippen molar-refractivity contribution in [2.75, 3.05) is 11.9 Å². The van der Waals surface area contributed by atoms with Crippen LogP contribution in [0, 0.1) is 11.6 Å². The normalized spacial score (nSPS) is 11.2. The standard InChI is InChI=1S/C18H14F2N4S/c1-23(10-13-4-2-3-5-15(13)20)18-22-24-11-16(21-17(24)25-18)12-6-8-14(19)9-7-12/h2-9,11H,10H2,1H3. The summed E-state index contributed by atoms with van der Waals surface area (Å²) in [5.41, 5.74) is 2.19. The molecule has 0 saturated carbocycles. The summed E-state index contributed by atoms with van der Waals surface area (Å²) in [6, 6.07) is 12.9. The van der Waals surface area contributed by atoms with Gasteiger partial charge in [0.1, 0.15) is 11.6 Å². The van der Waals surface area contributed by atoms with Crippen LogP contribution >= 0.6 is 11.3 Å². The number of aromatic nitrogens is 3. The summed E-state index contributed by atoms with van der Waals surface area (Å²) < 4.78 is 28.5. The molecule has 2 aromatic heterocycles. The summed E-state index contributed by atoms with van der Waals surface area (Å²) in [5, 5.41) is 5.25. The smallest absolute Gasteiger partial charge is 0.214 e. The van der Waals surface area contributed by atoms with Gasteiger partial charge < -0.3 is 4.90 Å². The van der Waals surface area contributed by atoms with Gasteiger partial charge in [0.05, 0.1) is 11.9 Å². The van der Waals surface area contributed by atoms with Crippen LogP contribution in [0.2, 0.25) is 0 Å². The minimum Gasteiger partial charge on any atom is -0.345 e. The van der Waals surface area contributed by atoms with Crippen LogP contribution in [0.25, 0.3) is 16.2 Å². The van der Waals surface area contributed by atoms with Crippen LogP contribution < -0.4 is 4.90 Å². The molecule has 4 nitrogen and oxygen atoms in total. The van der Waals surface area contributed by atoms with Gasteiger partial charge in [-0.15, -0.1) is 5.10 Å². The molecular weight excluding hydrogens is 342 g/mol. The number of anilines is 1. The van der Waals surface area contributed by atoms with Crippen molar-refractivity contribution >= 4 is 21.4 Å². The number of fused-ring (bicyclic) bond motifs is 1. The highest BCUT2D eigenvalue weighted by molar-refractivity contribution is 7.20. The molecule has 0 fully saturated rings. The summed E-state index contributed by atoms with van der Waals surface area (Å²) in [7, 11) is 1.87. The molecule has 0 amide bonds. The van der Waals surface area contributed by atoms with E-state index >= 15 is 0 Å². The zero-order valence-corrected chi connectivity index (χ0v) is 14.2. The van der Waals surface area contributed by atoms with Crippen molar-refractivity contribution < 1.29 is 8.78 Å². The average Bonchev–Trinajstić information content (AvgIpc) is 3.16.